The minimum Gasteiger partial charge on any atom is -0.468 e. The molecular formula is C15H16ClFN2OS. The van der Waals surface area contributed by atoms with Gasteiger partial charge in [0, 0.05) is 13.0 Å². The van der Waals surface area contributed by atoms with E-state index in [1.807, 2.05) is 18.7 Å². The van der Waals surface area contributed by atoms with E-state index in [2.05, 4.69) is 11.9 Å². The number of ether oxygens (including phenoxy) is 1. The average molecular weight is 327 g/mol. The Balaban J connectivity index is 2.06. The molecule has 2 unspecified atom stereocenters. The third-order valence-electron chi connectivity index (χ3n) is 3.90. The summed E-state index contributed by atoms with van der Waals surface area (Å²) in [5.74, 6) is 0.0715. The topological polar surface area (TPSA) is 24.5 Å². The van der Waals surface area contributed by atoms with Crippen LogP contribution in [-0.2, 0) is 0 Å². The van der Waals surface area contributed by atoms with Crippen LogP contribution in [0.1, 0.15) is 31.9 Å². The highest BCUT2D eigenvalue weighted by Crippen LogP contribution is 2.46. The Morgan fingerprint density at radius 1 is 1.67 bits per heavy atom. The van der Waals surface area contributed by atoms with Gasteiger partial charge in [-0.15, -0.1) is 0 Å². The lowest BCUT2D eigenvalue weighted by Crippen LogP contribution is -2.64. The summed E-state index contributed by atoms with van der Waals surface area (Å²) in [6.07, 6.45) is 0.588. The normalized spacial score (nSPS) is 26.8. The van der Waals surface area contributed by atoms with Crippen molar-refractivity contribution in [3.05, 3.63) is 40.7 Å². The molecule has 0 saturated carbocycles. The SMILES string of the molecule is C=C(C)CN1C(=S)NC2CC1(C)Oc1ccc(Cl)c(F)c12. The second-order valence-corrected chi connectivity index (χ2v) is 6.59. The Labute approximate surface area is 133 Å². The molecule has 2 atom stereocenters. The van der Waals surface area contributed by atoms with Gasteiger partial charge in [-0.2, -0.15) is 0 Å². The highest BCUT2D eigenvalue weighted by atomic mass is 35.5. The van der Waals surface area contributed by atoms with E-state index < -0.39 is 11.5 Å². The lowest BCUT2D eigenvalue weighted by Gasteiger charge is -2.52. The van der Waals surface area contributed by atoms with E-state index in [1.165, 1.54) is 6.07 Å². The minimum atomic E-state index is -0.612. The van der Waals surface area contributed by atoms with Crippen molar-refractivity contribution in [2.75, 3.05) is 6.54 Å². The number of hydrogen-bond donors (Lipinski definition) is 1. The molecule has 1 aromatic carbocycles. The molecule has 2 aliphatic rings. The zero-order valence-corrected chi connectivity index (χ0v) is 13.4. The molecular weight excluding hydrogens is 311 g/mol. The molecule has 2 bridgehead atoms. The van der Waals surface area contributed by atoms with Crippen molar-refractivity contribution in [2.45, 2.75) is 32.0 Å². The summed E-state index contributed by atoms with van der Waals surface area (Å²) in [6, 6.07) is 2.99. The van der Waals surface area contributed by atoms with Crippen LogP contribution in [0, 0.1) is 5.82 Å². The van der Waals surface area contributed by atoms with Crippen molar-refractivity contribution < 1.29 is 9.13 Å². The molecule has 2 heterocycles. The van der Waals surface area contributed by atoms with E-state index in [0.717, 1.165) is 5.57 Å². The van der Waals surface area contributed by atoms with E-state index in [-0.39, 0.29) is 11.1 Å². The molecule has 0 aromatic heterocycles. The quantitative estimate of drug-likeness (QED) is 0.660. The number of benzene rings is 1. The molecule has 0 spiro atoms. The molecule has 1 saturated heterocycles. The van der Waals surface area contributed by atoms with Gasteiger partial charge in [-0.3, -0.25) is 0 Å². The Morgan fingerprint density at radius 2 is 2.38 bits per heavy atom. The highest BCUT2D eigenvalue weighted by molar-refractivity contribution is 7.80. The first-order valence-corrected chi connectivity index (χ1v) is 7.50. The molecule has 3 nitrogen and oxygen atoms in total. The van der Waals surface area contributed by atoms with Gasteiger partial charge in [0.25, 0.3) is 0 Å². The first-order valence-electron chi connectivity index (χ1n) is 6.71. The lowest BCUT2D eigenvalue weighted by atomic mass is 9.90. The average Bonchev–Trinajstić information content (AvgIpc) is 2.38. The van der Waals surface area contributed by atoms with E-state index in [4.69, 9.17) is 28.6 Å². The van der Waals surface area contributed by atoms with Gasteiger partial charge in [0.15, 0.2) is 16.7 Å². The van der Waals surface area contributed by atoms with Gasteiger partial charge >= 0.3 is 0 Å². The number of halogens is 2. The molecule has 0 aliphatic carbocycles. The Morgan fingerprint density at radius 3 is 3.05 bits per heavy atom. The Hall–Kier alpha value is -1.33. The van der Waals surface area contributed by atoms with Gasteiger partial charge < -0.3 is 15.0 Å². The second kappa shape index (κ2) is 4.85. The minimum absolute atomic E-state index is 0.0954. The summed E-state index contributed by atoms with van der Waals surface area (Å²) in [6.45, 7) is 8.43. The maximum Gasteiger partial charge on any atom is 0.184 e. The van der Waals surface area contributed by atoms with Gasteiger partial charge in [-0.1, -0.05) is 23.8 Å². The van der Waals surface area contributed by atoms with Crippen LogP contribution in [0.4, 0.5) is 4.39 Å². The summed E-state index contributed by atoms with van der Waals surface area (Å²) in [4.78, 5) is 1.95. The predicted molar refractivity (Wildman–Crippen MR) is 85.1 cm³/mol. The fourth-order valence-corrected chi connectivity index (χ4v) is 3.53. The summed E-state index contributed by atoms with van der Waals surface area (Å²) < 4.78 is 20.4. The molecule has 1 fully saturated rings. The lowest BCUT2D eigenvalue weighted by molar-refractivity contribution is -0.0650. The fraction of sp³-hybridized carbons (Fsp3) is 0.400. The number of hydrogen-bond acceptors (Lipinski definition) is 2. The van der Waals surface area contributed by atoms with Crippen LogP contribution < -0.4 is 10.1 Å². The van der Waals surface area contributed by atoms with Crippen LogP contribution in [-0.4, -0.2) is 22.3 Å². The summed E-state index contributed by atoms with van der Waals surface area (Å²) >= 11 is 11.3. The van der Waals surface area contributed by atoms with E-state index in [1.54, 1.807) is 6.07 Å². The maximum absolute atomic E-state index is 14.3. The number of nitrogens with one attached hydrogen (secondary N) is 1. The Kier molecular flexibility index (Phi) is 3.37. The van der Waals surface area contributed by atoms with Crippen molar-refractivity contribution in [1.29, 1.82) is 0 Å². The zero-order valence-electron chi connectivity index (χ0n) is 11.9. The molecule has 0 radical (unpaired) electrons. The van der Waals surface area contributed by atoms with Crippen LogP contribution in [0.15, 0.2) is 24.3 Å². The standard InChI is InChI=1S/C15H16ClFN2OS/c1-8(2)7-19-14(21)18-10-6-15(19,3)20-11-5-4-9(16)13(17)12(10)11/h4-5,10H,1,6-7H2,2-3H3,(H,18,21). The largest absolute Gasteiger partial charge is 0.468 e. The second-order valence-electron chi connectivity index (χ2n) is 5.80. The van der Waals surface area contributed by atoms with Crippen molar-refractivity contribution in [2.24, 2.45) is 0 Å². The third kappa shape index (κ3) is 2.28. The summed E-state index contributed by atoms with van der Waals surface area (Å²) in [5, 5.41) is 3.83. The monoisotopic (exact) mass is 326 g/mol. The molecule has 1 N–H and O–H groups in total. The van der Waals surface area contributed by atoms with Gasteiger partial charge in [-0.25, -0.2) is 4.39 Å². The van der Waals surface area contributed by atoms with Crippen LogP contribution in [0.3, 0.4) is 0 Å². The number of rotatable bonds is 2. The van der Waals surface area contributed by atoms with E-state index >= 15 is 0 Å². The molecule has 3 rings (SSSR count). The van der Waals surface area contributed by atoms with Crippen LogP contribution in [0.5, 0.6) is 5.75 Å². The molecule has 6 heteroatoms. The number of fused-ring (bicyclic) bond motifs is 4. The van der Waals surface area contributed by atoms with Gasteiger partial charge in [-0.05, 0) is 38.2 Å². The van der Waals surface area contributed by atoms with Gasteiger partial charge in [0.1, 0.15) is 5.75 Å². The first-order chi connectivity index (χ1) is 9.82. The van der Waals surface area contributed by atoms with Crippen LogP contribution in [0.2, 0.25) is 5.02 Å². The number of nitrogens with zero attached hydrogens (tertiary/aromatic N) is 1. The van der Waals surface area contributed by atoms with Gasteiger partial charge in [0.05, 0.1) is 16.6 Å². The predicted octanol–water partition coefficient (Wildman–Crippen LogP) is 3.79. The molecule has 0 amide bonds. The van der Waals surface area contributed by atoms with Crippen molar-refractivity contribution in [1.82, 2.24) is 10.2 Å². The fourth-order valence-electron chi connectivity index (χ4n) is 2.96. The van der Waals surface area contributed by atoms with E-state index in [9.17, 15) is 4.39 Å². The van der Waals surface area contributed by atoms with Crippen LogP contribution in [0.25, 0.3) is 0 Å². The van der Waals surface area contributed by atoms with Crippen LogP contribution >= 0.6 is 23.8 Å². The molecule has 112 valence electrons. The summed E-state index contributed by atoms with van der Waals surface area (Å²) in [7, 11) is 0. The van der Waals surface area contributed by atoms with Crippen molar-refractivity contribution in [3.8, 4) is 5.75 Å². The van der Waals surface area contributed by atoms with E-state index in [0.29, 0.717) is 29.4 Å². The van der Waals surface area contributed by atoms with Crippen molar-refractivity contribution >= 4 is 28.9 Å². The molecule has 1 aromatic rings. The molecule has 21 heavy (non-hydrogen) atoms. The third-order valence-corrected chi connectivity index (χ3v) is 4.53. The summed E-state index contributed by atoms with van der Waals surface area (Å²) in [5.41, 5.74) is 0.826. The zero-order chi connectivity index (χ0) is 15.4. The van der Waals surface area contributed by atoms with Gasteiger partial charge in [0.2, 0.25) is 0 Å². The molecule has 2 aliphatic heterocycles. The number of thiocarbonyl (C=S) groups is 1. The smallest absolute Gasteiger partial charge is 0.184 e. The highest BCUT2D eigenvalue weighted by Gasteiger charge is 2.48. The Bertz CT molecular complexity index is 651. The first kappa shape index (κ1) is 14.6. The maximum atomic E-state index is 14.3. The van der Waals surface area contributed by atoms with Crippen molar-refractivity contribution in [3.63, 3.8) is 0 Å².